The predicted octanol–water partition coefficient (Wildman–Crippen LogP) is 3.55. The summed E-state index contributed by atoms with van der Waals surface area (Å²) in [6, 6.07) is 14.9. The third-order valence-electron chi connectivity index (χ3n) is 5.53. The first-order chi connectivity index (χ1) is 15.1. The van der Waals surface area contributed by atoms with Crippen molar-refractivity contribution in [3.05, 3.63) is 70.6 Å². The molecule has 2 aromatic carbocycles. The lowest BCUT2D eigenvalue weighted by Crippen LogP contribution is -2.33. The van der Waals surface area contributed by atoms with Gasteiger partial charge in [-0.25, -0.2) is 4.68 Å². The summed E-state index contributed by atoms with van der Waals surface area (Å²) in [4.78, 5) is 26.3. The molecule has 4 rings (SSSR count). The molecule has 160 valence electrons. The van der Waals surface area contributed by atoms with E-state index in [0.717, 1.165) is 27.6 Å². The number of nitrogens with zero attached hydrogens (tertiary/aromatic N) is 3. The van der Waals surface area contributed by atoms with Crippen molar-refractivity contribution in [3.63, 3.8) is 0 Å². The van der Waals surface area contributed by atoms with E-state index in [2.05, 4.69) is 10.4 Å². The topological polar surface area (TPSA) is 78.2 Å². The maximum Gasteiger partial charge on any atom is 0.291 e. The molecule has 0 unspecified atom stereocenters. The summed E-state index contributed by atoms with van der Waals surface area (Å²) >= 11 is 0. The van der Waals surface area contributed by atoms with Gasteiger partial charge in [0.15, 0.2) is 0 Å². The average Bonchev–Trinajstić information content (AvgIpc) is 3.11. The normalized spacial score (nSPS) is 12.2. The van der Waals surface area contributed by atoms with E-state index in [9.17, 15) is 9.59 Å². The highest BCUT2D eigenvalue weighted by molar-refractivity contribution is 6.08. The minimum absolute atomic E-state index is 0.143. The molecule has 0 aliphatic carbocycles. The van der Waals surface area contributed by atoms with Gasteiger partial charge in [-0.2, -0.15) is 5.10 Å². The molecular formula is C24H26N4O3. The van der Waals surface area contributed by atoms with Gasteiger partial charge in [-0.3, -0.25) is 9.59 Å². The number of nitrogens with one attached hydrogen (secondary N) is 1. The second-order valence-corrected chi connectivity index (χ2v) is 7.41. The van der Waals surface area contributed by atoms with Crippen molar-refractivity contribution in [2.45, 2.75) is 32.9 Å². The third-order valence-corrected chi connectivity index (χ3v) is 5.53. The number of hydrogen-bond donors (Lipinski definition) is 1. The van der Waals surface area contributed by atoms with Crippen molar-refractivity contribution < 1.29 is 9.53 Å². The Hall–Kier alpha value is -3.61. The lowest BCUT2D eigenvalue weighted by atomic mass is 10.1. The van der Waals surface area contributed by atoms with Gasteiger partial charge in [0, 0.05) is 29.9 Å². The average molecular weight is 418 g/mol. The molecular weight excluding hydrogens is 392 g/mol. The fourth-order valence-electron chi connectivity index (χ4n) is 4.04. The standard InChI is InChI=1S/C24H26N4O3/c1-4-19(23(29)25-14-16-10-6-9-13-21(16)31-5-2)28-20-12-8-7-11-17(20)18-15-26-27(3)24(30)22(18)28/h6-13,15,19H,4-5,14H2,1-3H3,(H,25,29)/t19-/m0/s1. The SMILES string of the molecule is CCOc1ccccc1CNC(=O)[C@H](CC)n1c2ccccc2c2cnn(C)c(=O)c21. The molecule has 4 aromatic rings. The number of carbonyl (C=O) groups excluding carboxylic acids is 1. The number of carbonyl (C=O) groups is 1. The summed E-state index contributed by atoms with van der Waals surface area (Å²) in [5, 5.41) is 8.88. The van der Waals surface area contributed by atoms with Crippen molar-refractivity contribution in [2.75, 3.05) is 6.61 Å². The molecule has 0 aliphatic rings. The van der Waals surface area contributed by atoms with Crippen LogP contribution in [-0.4, -0.2) is 26.9 Å². The zero-order valence-corrected chi connectivity index (χ0v) is 18.0. The molecule has 0 spiro atoms. The van der Waals surface area contributed by atoms with Gasteiger partial charge < -0.3 is 14.6 Å². The molecule has 0 radical (unpaired) electrons. The molecule has 0 bridgehead atoms. The quantitative estimate of drug-likeness (QED) is 0.498. The Kier molecular flexibility index (Phi) is 5.75. The van der Waals surface area contributed by atoms with Gasteiger partial charge in [0.2, 0.25) is 5.91 Å². The summed E-state index contributed by atoms with van der Waals surface area (Å²) < 4.78 is 8.83. The summed E-state index contributed by atoms with van der Waals surface area (Å²) in [5.74, 6) is 0.616. The summed E-state index contributed by atoms with van der Waals surface area (Å²) in [5.41, 5.74) is 2.03. The largest absolute Gasteiger partial charge is 0.494 e. The molecule has 0 saturated heterocycles. The first-order valence-corrected chi connectivity index (χ1v) is 10.5. The van der Waals surface area contributed by atoms with Crippen molar-refractivity contribution in [1.29, 1.82) is 0 Å². The van der Waals surface area contributed by atoms with Crippen LogP contribution in [0, 0.1) is 0 Å². The van der Waals surface area contributed by atoms with Gasteiger partial charge in [-0.05, 0) is 25.5 Å². The molecule has 7 heteroatoms. The number of aromatic nitrogens is 3. The first-order valence-electron chi connectivity index (χ1n) is 10.5. The minimum Gasteiger partial charge on any atom is -0.494 e. The highest BCUT2D eigenvalue weighted by Gasteiger charge is 2.25. The zero-order chi connectivity index (χ0) is 22.0. The molecule has 2 heterocycles. The highest BCUT2D eigenvalue weighted by Crippen LogP contribution is 2.31. The monoisotopic (exact) mass is 418 g/mol. The highest BCUT2D eigenvalue weighted by atomic mass is 16.5. The first kappa shape index (κ1) is 20.7. The summed E-state index contributed by atoms with van der Waals surface area (Å²) in [6.07, 6.45) is 2.23. The summed E-state index contributed by atoms with van der Waals surface area (Å²) in [7, 11) is 1.62. The van der Waals surface area contributed by atoms with E-state index in [-0.39, 0.29) is 11.5 Å². The lowest BCUT2D eigenvalue weighted by Gasteiger charge is -2.20. The van der Waals surface area contributed by atoms with Crippen LogP contribution in [0.1, 0.15) is 31.9 Å². The van der Waals surface area contributed by atoms with Gasteiger partial charge in [-0.15, -0.1) is 0 Å². The molecule has 7 nitrogen and oxygen atoms in total. The number of ether oxygens (including phenoxy) is 1. The van der Waals surface area contributed by atoms with Crippen LogP contribution in [0.25, 0.3) is 21.8 Å². The van der Waals surface area contributed by atoms with E-state index in [1.807, 2.05) is 66.9 Å². The molecule has 1 atom stereocenters. The maximum atomic E-state index is 13.3. The van der Waals surface area contributed by atoms with Crippen LogP contribution >= 0.6 is 0 Å². The van der Waals surface area contributed by atoms with Crippen molar-refractivity contribution in [2.24, 2.45) is 7.05 Å². The van der Waals surface area contributed by atoms with E-state index in [0.29, 0.717) is 25.1 Å². The number of hydrogen-bond acceptors (Lipinski definition) is 4. The Morgan fingerprint density at radius 2 is 1.84 bits per heavy atom. The van der Waals surface area contributed by atoms with Gasteiger partial charge in [0.25, 0.3) is 5.56 Å². The van der Waals surface area contributed by atoms with Gasteiger partial charge in [-0.1, -0.05) is 43.3 Å². The van der Waals surface area contributed by atoms with Crippen molar-refractivity contribution in [1.82, 2.24) is 19.7 Å². The molecule has 0 saturated carbocycles. The van der Waals surface area contributed by atoms with E-state index in [4.69, 9.17) is 4.74 Å². The Morgan fingerprint density at radius 3 is 2.61 bits per heavy atom. The van der Waals surface area contributed by atoms with E-state index < -0.39 is 6.04 Å². The smallest absolute Gasteiger partial charge is 0.291 e. The molecule has 1 amide bonds. The van der Waals surface area contributed by atoms with Gasteiger partial charge in [0.05, 0.1) is 18.3 Å². The van der Waals surface area contributed by atoms with Crippen LogP contribution in [0.3, 0.4) is 0 Å². The molecule has 2 aromatic heterocycles. The second-order valence-electron chi connectivity index (χ2n) is 7.41. The van der Waals surface area contributed by atoms with Gasteiger partial charge in [0.1, 0.15) is 17.3 Å². The van der Waals surface area contributed by atoms with Crippen LogP contribution in [0.4, 0.5) is 0 Å². The number of rotatable bonds is 7. The predicted molar refractivity (Wildman–Crippen MR) is 121 cm³/mol. The van der Waals surface area contributed by atoms with E-state index in [1.54, 1.807) is 13.2 Å². The third kappa shape index (κ3) is 3.67. The Labute approximate surface area is 180 Å². The Morgan fingerprint density at radius 1 is 1.10 bits per heavy atom. The number of benzene rings is 2. The zero-order valence-electron chi connectivity index (χ0n) is 18.0. The molecule has 0 aliphatic heterocycles. The Balaban J connectivity index is 1.75. The number of fused-ring (bicyclic) bond motifs is 3. The number of amides is 1. The Bertz CT molecular complexity index is 1310. The second kappa shape index (κ2) is 8.63. The molecule has 0 fully saturated rings. The van der Waals surface area contributed by atoms with Crippen LogP contribution in [0.5, 0.6) is 5.75 Å². The van der Waals surface area contributed by atoms with Crippen LogP contribution in [-0.2, 0) is 18.4 Å². The van der Waals surface area contributed by atoms with Crippen LogP contribution < -0.4 is 15.6 Å². The van der Waals surface area contributed by atoms with Crippen molar-refractivity contribution in [3.8, 4) is 5.75 Å². The maximum absolute atomic E-state index is 13.3. The fraction of sp³-hybridized carbons (Fsp3) is 0.292. The molecule has 1 N–H and O–H groups in total. The number of aryl methyl sites for hydroxylation is 1. The van der Waals surface area contributed by atoms with Gasteiger partial charge >= 0.3 is 0 Å². The number of para-hydroxylation sites is 2. The molecule has 31 heavy (non-hydrogen) atoms. The van der Waals surface area contributed by atoms with E-state index in [1.165, 1.54) is 4.68 Å². The van der Waals surface area contributed by atoms with Crippen molar-refractivity contribution >= 4 is 27.7 Å². The van der Waals surface area contributed by atoms with E-state index >= 15 is 0 Å². The summed E-state index contributed by atoms with van der Waals surface area (Å²) in [6.45, 7) is 4.79. The van der Waals surface area contributed by atoms with Crippen LogP contribution in [0.2, 0.25) is 0 Å². The minimum atomic E-state index is -0.531. The fourth-order valence-corrected chi connectivity index (χ4v) is 4.04. The lowest BCUT2D eigenvalue weighted by molar-refractivity contribution is -0.124. The van der Waals surface area contributed by atoms with Crippen LogP contribution in [0.15, 0.2) is 59.5 Å².